The molecule has 0 amide bonds. The molecule has 0 saturated heterocycles. The third kappa shape index (κ3) is 3.32. The van der Waals surface area contributed by atoms with E-state index in [1.807, 2.05) is 25.1 Å². The van der Waals surface area contributed by atoms with E-state index in [2.05, 4.69) is 6.07 Å². The summed E-state index contributed by atoms with van der Waals surface area (Å²) in [5.41, 5.74) is 2.93. The molecule has 0 spiro atoms. The van der Waals surface area contributed by atoms with E-state index in [4.69, 9.17) is 10.00 Å². The summed E-state index contributed by atoms with van der Waals surface area (Å²) in [6, 6.07) is 7.82. The van der Waals surface area contributed by atoms with Crippen molar-refractivity contribution in [2.24, 2.45) is 0 Å². The van der Waals surface area contributed by atoms with Gasteiger partial charge in [0.2, 0.25) is 0 Å². The Morgan fingerprint density at radius 3 is 2.67 bits per heavy atom. The number of hydrogen-bond donors (Lipinski definition) is 1. The van der Waals surface area contributed by atoms with Crippen molar-refractivity contribution in [3.63, 3.8) is 0 Å². The van der Waals surface area contributed by atoms with Crippen LogP contribution in [0.3, 0.4) is 0 Å². The molecule has 0 bridgehead atoms. The van der Waals surface area contributed by atoms with E-state index in [0.717, 1.165) is 36.8 Å². The van der Waals surface area contributed by atoms with Crippen LogP contribution in [0.4, 0.5) is 0 Å². The van der Waals surface area contributed by atoms with Crippen LogP contribution in [-0.2, 0) is 11.3 Å². The fourth-order valence-electron chi connectivity index (χ4n) is 2.35. The molecule has 1 saturated carbocycles. The van der Waals surface area contributed by atoms with Gasteiger partial charge in [0.25, 0.3) is 0 Å². The van der Waals surface area contributed by atoms with E-state index >= 15 is 0 Å². The maximum atomic E-state index is 9.43. The molecule has 0 aromatic heterocycles. The number of nitriles is 1. The lowest BCUT2D eigenvalue weighted by Crippen LogP contribution is -2.24. The second-order valence-corrected chi connectivity index (χ2v) is 4.99. The topological polar surface area (TPSA) is 53.2 Å². The first kappa shape index (κ1) is 13.1. The Balaban J connectivity index is 1.89. The van der Waals surface area contributed by atoms with Crippen LogP contribution in [0, 0.1) is 18.3 Å². The summed E-state index contributed by atoms with van der Waals surface area (Å²) in [6.45, 7) is 2.60. The number of benzene rings is 1. The van der Waals surface area contributed by atoms with Gasteiger partial charge in [0.05, 0.1) is 30.4 Å². The van der Waals surface area contributed by atoms with Crippen molar-refractivity contribution in [3.8, 4) is 6.07 Å². The second kappa shape index (κ2) is 5.99. The van der Waals surface area contributed by atoms with E-state index < -0.39 is 0 Å². The molecule has 0 radical (unpaired) electrons. The molecule has 1 aliphatic carbocycles. The molecular weight excluding hydrogens is 226 g/mol. The number of rotatable bonds is 3. The summed E-state index contributed by atoms with van der Waals surface area (Å²) < 4.78 is 5.88. The summed E-state index contributed by atoms with van der Waals surface area (Å²) in [4.78, 5) is 0. The maximum absolute atomic E-state index is 9.43. The van der Waals surface area contributed by atoms with Gasteiger partial charge in [-0.3, -0.25) is 0 Å². The SMILES string of the molecule is Cc1cc(C#N)ccc1COC1CCC(O)CC1. The van der Waals surface area contributed by atoms with Gasteiger partial charge in [-0.15, -0.1) is 0 Å². The maximum Gasteiger partial charge on any atom is 0.0991 e. The Morgan fingerprint density at radius 1 is 1.33 bits per heavy atom. The minimum Gasteiger partial charge on any atom is -0.393 e. The Bertz CT molecular complexity index is 442. The number of ether oxygens (including phenoxy) is 1. The standard InChI is InChI=1S/C15H19NO2/c1-11-8-12(9-16)2-3-13(11)10-18-15-6-4-14(17)5-7-15/h2-3,8,14-15,17H,4-7,10H2,1H3. The van der Waals surface area contributed by atoms with Gasteiger partial charge in [-0.25, -0.2) is 0 Å². The van der Waals surface area contributed by atoms with Crippen LogP contribution in [0.2, 0.25) is 0 Å². The smallest absolute Gasteiger partial charge is 0.0991 e. The number of aryl methyl sites for hydroxylation is 1. The van der Waals surface area contributed by atoms with Crippen molar-refractivity contribution < 1.29 is 9.84 Å². The molecule has 0 unspecified atom stereocenters. The van der Waals surface area contributed by atoms with Crippen LogP contribution in [0.25, 0.3) is 0 Å². The minimum absolute atomic E-state index is 0.138. The van der Waals surface area contributed by atoms with Gasteiger partial charge in [-0.1, -0.05) is 6.07 Å². The highest BCUT2D eigenvalue weighted by Gasteiger charge is 2.19. The second-order valence-electron chi connectivity index (χ2n) is 4.99. The van der Waals surface area contributed by atoms with Gasteiger partial charge >= 0.3 is 0 Å². The molecule has 1 fully saturated rings. The lowest BCUT2D eigenvalue weighted by Gasteiger charge is -2.25. The Labute approximate surface area is 108 Å². The van der Waals surface area contributed by atoms with Crippen molar-refractivity contribution in [1.29, 1.82) is 5.26 Å². The molecule has 18 heavy (non-hydrogen) atoms. The van der Waals surface area contributed by atoms with Crippen LogP contribution < -0.4 is 0 Å². The number of hydrogen-bond acceptors (Lipinski definition) is 3. The summed E-state index contributed by atoms with van der Waals surface area (Å²) in [5.74, 6) is 0. The highest BCUT2D eigenvalue weighted by molar-refractivity contribution is 5.37. The number of aliphatic hydroxyl groups is 1. The average Bonchev–Trinajstić information content (AvgIpc) is 2.39. The Kier molecular flexibility index (Phi) is 4.35. The lowest BCUT2D eigenvalue weighted by molar-refractivity contribution is -0.0120. The fraction of sp³-hybridized carbons (Fsp3) is 0.533. The molecule has 1 N–H and O–H groups in total. The summed E-state index contributed by atoms with van der Waals surface area (Å²) >= 11 is 0. The molecule has 3 heteroatoms. The van der Waals surface area contributed by atoms with Gasteiger partial charge in [-0.05, 0) is 55.9 Å². The predicted octanol–water partition coefficient (Wildman–Crippen LogP) is 2.69. The predicted molar refractivity (Wildman–Crippen MR) is 68.9 cm³/mol. The first-order valence-corrected chi connectivity index (χ1v) is 6.48. The van der Waals surface area contributed by atoms with Crippen molar-refractivity contribution >= 4 is 0 Å². The molecule has 0 atom stereocenters. The summed E-state index contributed by atoms with van der Waals surface area (Å²) in [5, 5.41) is 18.2. The zero-order valence-corrected chi connectivity index (χ0v) is 10.7. The first-order valence-electron chi connectivity index (χ1n) is 6.48. The Hall–Kier alpha value is -1.37. The van der Waals surface area contributed by atoms with Crippen LogP contribution in [-0.4, -0.2) is 17.3 Å². The molecule has 2 rings (SSSR count). The van der Waals surface area contributed by atoms with Gasteiger partial charge in [0.15, 0.2) is 0 Å². The third-order valence-corrected chi connectivity index (χ3v) is 3.59. The normalized spacial score (nSPS) is 23.6. The van der Waals surface area contributed by atoms with E-state index in [1.54, 1.807) is 0 Å². The van der Waals surface area contributed by atoms with Gasteiger partial charge in [0, 0.05) is 0 Å². The zero-order valence-electron chi connectivity index (χ0n) is 10.7. The third-order valence-electron chi connectivity index (χ3n) is 3.59. The van der Waals surface area contributed by atoms with Crippen molar-refractivity contribution in [2.45, 2.75) is 51.4 Å². The first-order chi connectivity index (χ1) is 8.69. The molecular formula is C15H19NO2. The Morgan fingerprint density at radius 2 is 2.06 bits per heavy atom. The zero-order chi connectivity index (χ0) is 13.0. The largest absolute Gasteiger partial charge is 0.393 e. The minimum atomic E-state index is -0.138. The highest BCUT2D eigenvalue weighted by atomic mass is 16.5. The van der Waals surface area contributed by atoms with E-state index in [1.165, 1.54) is 0 Å². The quantitative estimate of drug-likeness (QED) is 0.890. The molecule has 0 aliphatic heterocycles. The van der Waals surface area contributed by atoms with Crippen LogP contribution in [0.5, 0.6) is 0 Å². The molecule has 1 aromatic carbocycles. The van der Waals surface area contributed by atoms with E-state index in [0.29, 0.717) is 12.2 Å². The van der Waals surface area contributed by atoms with Crippen LogP contribution >= 0.6 is 0 Å². The highest BCUT2D eigenvalue weighted by Crippen LogP contribution is 2.22. The van der Waals surface area contributed by atoms with Gasteiger partial charge < -0.3 is 9.84 Å². The van der Waals surface area contributed by atoms with E-state index in [9.17, 15) is 5.11 Å². The number of nitrogens with zero attached hydrogens (tertiary/aromatic N) is 1. The van der Waals surface area contributed by atoms with Crippen molar-refractivity contribution in [1.82, 2.24) is 0 Å². The van der Waals surface area contributed by atoms with Gasteiger partial charge in [0.1, 0.15) is 0 Å². The molecule has 96 valence electrons. The molecule has 1 aromatic rings. The van der Waals surface area contributed by atoms with Crippen LogP contribution in [0.15, 0.2) is 18.2 Å². The van der Waals surface area contributed by atoms with Crippen LogP contribution in [0.1, 0.15) is 42.4 Å². The number of aliphatic hydroxyl groups excluding tert-OH is 1. The summed E-state index contributed by atoms with van der Waals surface area (Å²) in [7, 11) is 0. The monoisotopic (exact) mass is 245 g/mol. The molecule has 1 aliphatic rings. The summed E-state index contributed by atoms with van der Waals surface area (Å²) in [6.07, 6.45) is 3.70. The molecule has 0 heterocycles. The van der Waals surface area contributed by atoms with Crippen molar-refractivity contribution in [2.75, 3.05) is 0 Å². The molecule has 3 nitrogen and oxygen atoms in total. The van der Waals surface area contributed by atoms with E-state index in [-0.39, 0.29) is 12.2 Å². The fourth-order valence-corrected chi connectivity index (χ4v) is 2.35. The van der Waals surface area contributed by atoms with Gasteiger partial charge in [-0.2, -0.15) is 5.26 Å². The average molecular weight is 245 g/mol. The van der Waals surface area contributed by atoms with Crippen molar-refractivity contribution in [3.05, 3.63) is 34.9 Å². The lowest BCUT2D eigenvalue weighted by atomic mass is 9.95.